The average Bonchev–Trinajstić information content (AvgIpc) is 2.35. The molecule has 1 amide bonds. The van der Waals surface area contributed by atoms with E-state index in [0.717, 1.165) is 0 Å². The number of carbonyl (C=O) groups excluding carboxylic acids is 1. The van der Waals surface area contributed by atoms with Crippen LogP contribution in [0.15, 0.2) is 36.9 Å². The van der Waals surface area contributed by atoms with Crippen LogP contribution in [0.1, 0.15) is 13.3 Å². The molecule has 1 atom stereocenters. The Balaban J connectivity index is 2.59. The van der Waals surface area contributed by atoms with Gasteiger partial charge in [0.2, 0.25) is 0 Å². The summed E-state index contributed by atoms with van der Waals surface area (Å²) in [6.45, 7) is 5.77. The average molecular weight is 237 g/mol. The molecule has 0 aromatic heterocycles. The molecule has 0 aliphatic rings. The number of hydrogen-bond acceptors (Lipinski definition) is 2. The molecule has 0 bridgehead atoms. The molecule has 0 heterocycles. The molecule has 0 spiro atoms. The summed E-state index contributed by atoms with van der Waals surface area (Å²) in [4.78, 5) is 11.6. The first-order valence-corrected chi connectivity index (χ1v) is 5.48. The topological polar surface area (TPSA) is 38.3 Å². The number of nitrogens with one attached hydrogen (secondary N) is 1. The van der Waals surface area contributed by atoms with Crippen molar-refractivity contribution in [2.75, 3.05) is 6.54 Å². The Bertz CT molecular complexity index is 376. The molecule has 0 aliphatic heterocycles. The van der Waals surface area contributed by atoms with E-state index in [-0.39, 0.29) is 11.7 Å². The molecule has 4 heteroatoms. The van der Waals surface area contributed by atoms with Gasteiger partial charge in [0, 0.05) is 6.54 Å². The number of hydrogen-bond donors (Lipinski definition) is 1. The first kappa shape index (κ1) is 13.2. The number of halogens is 1. The summed E-state index contributed by atoms with van der Waals surface area (Å²) in [7, 11) is 0. The van der Waals surface area contributed by atoms with Crippen molar-refractivity contribution >= 4 is 5.91 Å². The van der Waals surface area contributed by atoms with Gasteiger partial charge in [-0.25, -0.2) is 4.39 Å². The van der Waals surface area contributed by atoms with E-state index in [1.807, 2.05) is 6.92 Å². The quantitative estimate of drug-likeness (QED) is 0.771. The lowest BCUT2D eigenvalue weighted by Crippen LogP contribution is -2.38. The Morgan fingerprint density at radius 2 is 2.18 bits per heavy atom. The third kappa shape index (κ3) is 4.26. The van der Waals surface area contributed by atoms with E-state index in [1.165, 1.54) is 24.3 Å². The highest BCUT2D eigenvalue weighted by molar-refractivity contribution is 5.81. The predicted octanol–water partition coefficient (Wildman–Crippen LogP) is 2.29. The van der Waals surface area contributed by atoms with Gasteiger partial charge in [0.15, 0.2) is 6.10 Å². The third-order valence-electron chi connectivity index (χ3n) is 2.18. The number of benzene rings is 1. The number of amides is 1. The zero-order chi connectivity index (χ0) is 12.7. The van der Waals surface area contributed by atoms with Crippen LogP contribution in [0.2, 0.25) is 0 Å². The Kier molecular flexibility index (Phi) is 5.20. The predicted molar refractivity (Wildman–Crippen MR) is 64.3 cm³/mol. The minimum atomic E-state index is -0.569. The van der Waals surface area contributed by atoms with E-state index in [4.69, 9.17) is 4.74 Å². The second kappa shape index (κ2) is 6.68. The van der Waals surface area contributed by atoms with Crippen LogP contribution in [0.5, 0.6) is 5.75 Å². The highest BCUT2D eigenvalue weighted by Gasteiger charge is 2.17. The summed E-state index contributed by atoms with van der Waals surface area (Å²) < 4.78 is 18.1. The fourth-order valence-electron chi connectivity index (χ4n) is 1.29. The lowest BCUT2D eigenvalue weighted by molar-refractivity contribution is -0.127. The first-order chi connectivity index (χ1) is 8.17. The third-order valence-corrected chi connectivity index (χ3v) is 2.18. The first-order valence-electron chi connectivity index (χ1n) is 5.48. The van der Waals surface area contributed by atoms with Gasteiger partial charge in [0.1, 0.15) is 11.6 Å². The summed E-state index contributed by atoms with van der Waals surface area (Å²) in [5.74, 6) is -0.0507. The number of ether oxygens (including phenoxy) is 1. The maximum Gasteiger partial charge on any atom is 0.261 e. The van der Waals surface area contributed by atoms with Crippen molar-refractivity contribution in [3.63, 3.8) is 0 Å². The van der Waals surface area contributed by atoms with Crippen LogP contribution in [0.4, 0.5) is 4.39 Å². The molecule has 3 nitrogen and oxygen atoms in total. The Morgan fingerprint density at radius 1 is 1.53 bits per heavy atom. The van der Waals surface area contributed by atoms with Crippen molar-refractivity contribution in [3.05, 3.63) is 42.7 Å². The maximum absolute atomic E-state index is 12.7. The molecule has 0 aliphatic carbocycles. The molecule has 0 saturated heterocycles. The number of rotatable bonds is 6. The summed E-state index contributed by atoms with van der Waals surface area (Å²) in [5, 5.41) is 2.66. The van der Waals surface area contributed by atoms with Gasteiger partial charge in [-0.1, -0.05) is 13.0 Å². The van der Waals surface area contributed by atoms with Crippen molar-refractivity contribution < 1.29 is 13.9 Å². The molecule has 17 heavy (non-hydrogen) atoms. The van der Waals surface area contributed by atoms with Crippen LogP contribution >= 0.6 is 0 Å². The van der Waals surface area contributed by atoms with Crippen LogP contribution < -0.4 is 10.1 Å². The van der Waals surface area contributed by atoms with Crippen LogP contribution in [0.25, 0.3) is 0 Å². The minimum Gasteiger partial charge on any atom is -0.481 e. The highest BCUT2D eigenvalue weighted by atomic mass is 19.1. The highest BCUT2D eigenvalue weighted by Crippen LogP contribution is 2.14. The molecule has 92 valence electrons. The molecule has 0 unspecified atom stereocenters. The van der Waals surface area contributed by atoms with Gasteiger partial charge in [-0.05, 0) is 30.7 Å². The fourth-order valence-corrected chi connectivity index (χ4v) is 1.29. The summed E-state index contributed by atoms with van der Waals surface area (Å²) in [6.07, 6.45) is 1.57. The molecule has 1 aromatic carbocycles. The van der Waals surface area contributed by atoms with E-state index in [1.54, 1.807) is 6.08 Å². The zero-order valence-electron chi connectivity index (χ0n) is 9.78. The van der Waals surface area contributed by atoms with E-state index >= 15 is 0 Å². The van der Waals surface area contributed by atoms with E-state index < -0.39 is 6.10 Å². The minimum absolute atomic E-state index is 0.197. The van der Waals surface area contributed by atoms with E-state index in [9.17, 15) is 9.18 Å². The molecular formula is C13H16FNO2. The van der Waals surface area contributed by atoms with Gasteiger partial charge in [-0.3, -0.25) is 4.79 Å². The summed E-state index contributed by atoms with van der Waals surface area (Å²) in [5.41, 5.74) is 0. The van der Waals surface area contributed by atoms with E-state index in [2.05, 4.69) is 11.9 Å². The standard InChI is InChI=1S/C13H16FNO2/c1-3-9-15-13(16)12(4-2)17-11-7-5-10(14)6-8-11/h3,5-8,12H,1,4,9H2,2H3,(H,15,16)/t12-/m1/s1. The Morgan fingerprint density at radius 3 is 2.71 bits per heavy atom. The smallest absolute Gasteiger partial charge is 0.261 e. The van der Waals surface area contributed by atoms with Crippen molar-refractivity contribution in [1.29, 1.82) is 0 Å². The van der Waals surface area contributed by atoms with Crippen molar-refractivity contribution in [2.24, 2.45) is 0 Å². The maximum atomic E-state index is 12.7. The summed E-state index contributed by atoms with van der Waals surface area (Å²) in [6, 6.07) is 5.59. The molecule has 1 aromatic rings. The largest absolute Gasteiger partial charge is 0.481 e. The molecule has 1 N–H and O–H groups in total. The van der Waals surface area contributed by atoms with Crippen LogP contribution in [-0.2, 0) is 4.79 Å². The summed E-state index contributed by atoms with van der Waals surface area (Å²) >= 11 is 0. The van der Waals surface area contributed by atoms with Crippen molar-refractivity contribution in [3.8, 4) is 5.75 Å². The second-order valence-corrected chi connectivity index (χ2v) is 3.50. The Hall–Kier alpha value is -1.84. The van der Waals surface area contributed by atoms with Crippen molar-refractivity contribution in [2.45, 2.75) is 19.4 Å². The second-order valence-electron chi connectivity index (χ2n) is 3.50. The van der Waals surface area contributed by atoms with Crippen molar-refractivity contribution in [1.82, 2.24) is 5.32 Å². The monoisotopic (exact) mass is 237 g/mol. The molecule has 0 fully saturated rings. The fraction of sp³-hybridized carbons (Fsp3) is 0.308. The molecule has 0 saturated carbocycles. The Labute approximate surface area is 100 Å². The lowest BCUT2D eigenvalue weighted by atomic mass is 10.2. The van der Waals surface area contributed by atoms with Gasteiger partial charge in [-0.2, -0.15) is 0 Å². The SMILES string of the molecule is C=CCNC(=O)[C@@H](CC)Oc1ccc(F)cc1. The van der Waals surface area contributed by atoms with Gasteiger partial charge < -0.3 is 10.1 Å². The van der Waals surface area contributed by atoms with Gasteiger partial charge in [0.25, 0.3) is 5.91 Å². The van der Waals surface area contributed by atoms with Gasteiger partial charge >= 0.3 is 0 Å². The van der Waals surface area contributed by atoms with E-state index in [0.29, 0.717) is 18.7 Å². The molecule has 1 rings (SSSR count). The van der Waals surface area contributed by atoms with Crippen LogP contribution in [-0.4, -0.2) is 18.6 Å². The lowest BCUT2D eigenvalue weighted by Gasteiger charge is -2.16. The molecule has 0 radical (unpaired) electrons. The zero-order valence-corrected chi connectivity index (χ0v) is 9.78. The van der Waals surface area contributed by atoms with Gasteiger partial charge in [-0.15, -0.1) is 6.58 Å². The van der Waals surface area contributed by atoms with Gasteiger partial charge in [0.05, 0.1) is 0 Å². The molecular weight excluding hydrogens is 221 g/mol. The number of carbonyl (C=O) groups is 1. The van der Waals surface area contributed by atoms with Crippen LogP contribution in [0.3, 0.4) is 0 Å². The normalized spacial score (nSPS) is 11.6. The van der Waals surface area contributed by atoms with Crippen LogP contribution in [0, 0.1) is 5.82 Å².